The van der Waals surface area contributed by atoms with Crippen molar-refractivity contribution in [3.63, 3.8) is 0 Å². The Labute approximate surface area is 237 Å². The number of hydrogen-bond acceptors (Lipinski definition) is 9. The number of benzene rings is 2. The minimum Gasteiger partial charge on any atom is -0.480 e. The molecule has 2 aromatic carbocycles. The highest BCUT2D eigenvalue weighted by atomic mass is 16.7. The molecule has 0 saturated carbocycles. The van der Waals surface area contributed by atoms with E-state index in [1.807, 2.05) is 48.5 Å². The number of hydrogen-bond donors (Lipinski definition) is 6. The minimum atomic E-state index is -1.42. The van der Waals surface area contributed by atoms with Crippen molar-refractivity contribution in [2.45, 2.75) is 68.8 Å². The molecule has 12 nitrogen and oxygen atoms in total. The van der Waals surface area contributed by atoms with E-state index in [1.54, 1.807) is 0 Å². The van der Waals surface area contributed by atoms with Crippen molar-refractivity contribution in [1.82, 2.24) is 10.6 Å². The summed E-state index contributed by atoms with van der Waals surface area (Å²) in [6.07, 6.45) is -5.08. The standard InChI is InChI=1S/C29H36N2O10/c1-16(33)30-24-26(35)25(34)23(14-32)41-28(24)39-13-7-6-12-22(27(36)37)31-29(38)40-15-21-19-10-4-2-8-17(19)18-9-3-5-11-20(18)21/h2-5,8-11,21-26,28,32,34-35H,6-7,12-15H2,1H3,(H,30,33)(H,31,38)(H,36,37)/t22-,23+,24+,25-,26+,28-/m0/s1. The predicted octanol–water partition coefficient (Wildman–Crippen LogP) is 1.11. The quantitative estimate of drug-likeness (QED) is 0.201. The highest BCUT2D eigenvalue weighted by molar-refractivity contribution is 5.81. The van der Waals surface area contributed by atoms with Crippen molar-refractivity contribution in [1.29, 1.82) is 0 Å². The number of carboxylic acid groups (broad SMARTS) is 1. The van der Waals surface area contributed by atoms with E-state index in [0.29, 0.717) is 12.8 Å². The third kappa shape index (κ3) is 7.21. The zero-order valence-corrected chi connectivity index (χ0v) is 22.6. The van der Waals surface area contributed by atoms with Crippen molar-refractivity contribution in [2.75, 3.05) is 19.8 Å². The van der Waals surface area contributed by atoms with Gasteiger partial charge in [0.1, 0.15) is 37.0 Å². The van der Waals surface area contributed by atoms with Crippen LogP contribution in [-0.4, -0.2) is 94.9 Å². The van der Waals surface area contributed by atoms with Crippen LogP contribution >= 0.6 is 0 Å². The zero-order valence-electron chi connectivity index (χ0n) is 22.6. The fraction of sp³-hybridized carbons (Fsp3) is 0.483. The summed E-state index contributed by atoms with van der Waals surface area (Å²) in [6.45, 7) is 0.807. The van der Waals surface area contributed by atoms with E-state index in [9.17, 15) is 34.8 Å². The van der Waals surface area contributed by atoms with E-state index in [1.165, 1.54) is 6.92 Å². The number of nitrogens with one attached hydrogen (secondary N) is 2. The molecule has 2 aliphatic rings. The summed E-state index contributed by atoms with van der Waals surface area (Å²) in [4.78, 5) is 35.8. The molecule has 6 N–H and O–H groups in total. The lowest BCUT2D eigenvalue weighted by Gasteiger charge is -2.42. The van der Waals surface area contributed by atoms with Crippen molar-refractivity contribution in [3.8, 4) is 11.1 Å². The molecule has 6 atom stereocenters. The first-order valence-corrected chi connectivity index (χ1v) is 13.6. The van der Waals surface area contributed by atoms with Crippen LogP contribution in [-0.2, 0) is 23.8 Å². The van der Waals surface area contributed by atoms with Gasteiger partial charge in [-0.1, -0.05) is 48.5 Å². The van der Waals surface area contributed by atoms with Crippen LogP contribution in [0.4, 0.5) is 4.79 Å². The molecule has 2 aromatic rings. The van der Waals surface area contributed by atoms with E-state index in [4.69, 9.17) is 14.2 Å². The molecule has 222 valence electrons. The number of aliphatic hydroxyl groups is 3. The van der Waals surface area contributed by atoms with Gasteiger partial charge in [-0.3, -0.25) is 4.79 Å². The van der Waals surface area contributed by atoms with E-state index in [0.717, 1.165) is 22.3 Å². The number of aliphatic carboxylic acids is 1. The number of amides is 2. The van der Waals surface area contributed by atoms with Crippen LogP contribution < -0.4 is 10.6 Å². The average molecular weight is 573 g/mol. The molecule has 2 amide bonds. The Morgan fingerprint density at radius 3 is 2.20 bits per heavy atom. The van der Waals surface area contributed by atoms with Gasteiger partial charge in [0.25, 0.3) is 0 Å². The highest BCUT2D eigenvalue weighted by Crippen LogP contribution is 2.44. The Balaban J connectivity index is 1.24. The first kappa shape index (κ1) is 30.4. The maximum atomic E-state index is 12.5. The number of carbonyl (C=O) groups is 3. The van der Waals surface area contributed by atoms with Gasteiger partial charge in [-0.15, -0.1) is 0 Å². The summed E-state index contributed by atoms with van der Waals surface area (Å²) in [5.74, 6) is -1.82. The van der Waals surface area contributed by atoms with Crippen LogP contribution in [0.15, 0.2) is 48.5 Å². The van der Waals surface area contributed by atoms with Crippen LogP contribution in [0.3, 0.4) is 0 Å². The second-order valence-electron chi connectivity index (χ2n) is 10.2. The summed E-state index contributed by atoms with van der Waals surface area (Å²) >= 11 is 0. The van der Waals surface area contributed by atoms with Crippen molar-refractivity contribution in [2.24, 2.45) is 0 Å². The van der Waals surface area contributed by atoms with Gasteiger partial charge in [-0.2, -0.15) is 0 Å². The summed E-state index contributed by atoms with van der Waals surface area (Å²) < 4.78 is 16.6. The molecule has 0 aromatic heterocycles. The smallest absolute Gasteiger partial charge is 0.407 e. The third-order valence-electron chi connectivity index (χ3n) is 7.35. The molecule has 1 saturated heterocycles. The third-order valence-corrected chi connectivity index (χ3v) is 7.35. The van der Waals surface area contributed by atoms with Crippen molar-refractivity contribution < 1.29 is 49.0 Å². The Bertz CT molecular complexity index is 1180. The number of rotatable bonds is 12. The molecule has 12 heteroatoms. The van der Waals surface area contributed by atoms with E-state index in [2.05, 4.69) is 10.6 Å². The molecule has 0 unspecified atom stereocenters. The monoisotopic (exact) mass is 572 g/mol. The lowest BCUT2D eigenvalue weighted by atomic mass is 9.97. The van der Waals surface area contributed by atoms with Gasteiger partial charge in [0.05, 0.1) is 6.61 Å². The molecule has 0 spiro atoms. The molecule has 1 fully saturated rings. The molecule has 1 aliphatic carbocycles. The normalized spacial score (nSPS) is 24.1. The van der Waals surface area contributed by atoms with E-state index < -0.39 is 61.3 Å². The summed E-state index contributed by atoms with van der Waals surface area (Å²) in [6, 6.07) is 13.6. The molecular weight excluding hydrogens is 536 g/mol. The first-order chi connectivity index (χ1) is 19.7. The second kappa shape index (κ2) is 13.9. The molecule has 0 bridgehead atoms. The van der Waals surface area contributed by atoms with Crippen LogP contribution in [0.1, 0.15) is 43.2 Å². The molecule has 1 heterocycles. The lowest BCUT2D eigenvalue weighted by Crippen LogP contribution is -2.64. The lowest BCUT2D eigenvalue weighted by molar-refractivity contribution is -0.270. The van der Waals surface area contributed by atoms with Gasteiger partial charge in [-0.25, -0.2) is 9.59 Å². The summed E-state index contributed by atoms with van der Waals surface area (Å²) in [5.41, 5.74) is 4.27. The number of ether oxygens (including phenoxy) is 3. The van der Waals surface area contributed by atoms with Crippen LogP contribution in [0.5, 0.6) is 0 Å². The number of carboxylic acids is 1. The fourth-order valence-corrected chi connectivity index (χ4v) is 5.30. The van der Waals surface area contributed by atoms with E-state index in [-0.39, 0.29) is 25.6 Å². The molecular formula is C29H36N2O10. The van der Waals surface area contributed by atoms with Gasteiger partial charge in [0.2, 0.25) is 5.91 Å². The van der Waals surface area contributed by atoms with Crippen LogP contribution in [0.25, 0.3) is 11.1 Å². The first-order valence-electron chi connectivity index (χ1n) is 13.6. The van der Waals surface area contributed by atoms with Gasteiger partial charge in [0, 0.05) is 19.4 Å². The molecule has 41 heavy (non-hydrogen) atoms. The molecule has 0 radical (unpaired) electrons. The van der Waals surface area contributed by atoms with Crippen LogP contribution in [0.2, 0.25) is 0 Å². The predicted molar refractivity (Wildman–Crippen MR) is 145 cm³/mol. The number of unbranched alkanes of at least 4 members (excludes halogenated alkanes) is 1. The maximum Gasteiger partial charge on any atom is 0.407 e. The minimum absolute atomic E-state index is 0.0618. The zero-order chi connectivity index (χ0) is 29.5. The summed E-state index contributed by atoms with van der Waals surface area (Å²) in [5, 5.41) is 44.3. The van der Waals surface area contributed by atoms with E-state index >= 15 is 0 Å². The molecule has 4 rings (SSSR count). The Hall–Kier alpha value is -3.55. The topological polar surface area (TPSA) is 184 Å². The average Bonchev–Trinajstić information content (AvgIpc) is 3.28. The van der Waals surface area contributed by atoms with Crippen molar-refractivity contribution >= 4 is 18.0 Å². The van der Waals surface area contributed by atoms with Crippen molar-refractivity contribution in [3.05, 3.63) is 59.7 Å². The Morgan fingerprint density at radius 1 is 0.976 bits per heavy atom. The van der Waals surface area contributed by atoms with Gasteiger partial charge in [0.15, 0.2) is 6.29 Å². The second-order valence-corrected chi connectivity index (χ2v) is 10.2. The van der Waals surface area contributed by atoms with Crippen LogP contribution in [0, 0.1) is 0 Å². The highest BCUT2D eigenvalue weighted by Gasteiger charge is 2.45. The number of fused-ring (bicyclic) bond motifs is 3. The number of alkyl carbamates (subject to hydrolysis) is 1. The fourth-order valence-electron chi connectivity index (χ4n) is 5.30. The van der Waals surface area contributed by atoms with Gasteiger partial charge in [-0.05, 0) is 41.5 Å². The largest absolute Gasteiger partial charge is 0.480 e. The van der Waals surface area contributed by atoms with Gasteiger partial charge < -0.3 is 45.3 Å². The molecule has 1 aliphatic heterocycles. The SMILES string of the molecule is CC(=O)N[C@H]1[C@@H](OCCCC[C@H](NC(=O)OCC2c3ccccc3-c3ccccc32)C(=O)O)O[C@H](CO)[C@H](O)[C@@H]1O. The Kier molecular flexibility index (Phi) is 10.3. The summed E-state index contributed by atoms with van der Waals surface area (Å²) in [7, 11) is 0. The number of carbonyl (C=O) groups excluding carboxylic acids is 2. The number of aliphatic hydroxyl groups excluding tert-OH is 3. The maximum absolute atomic E-state index is 12.5. The van der Waals surface area contributed by atoms with Gasteiger partial charge >= 0.3 is 12.1 Å². The Morgan fingerprint density at radius 2 is 1.61 bits per heavy atom.